The van der Waals surface area contributed by atoms with E-state index in [1.807, 2.05) is 55.6 Å². The van der Waals surface area contributed by atoms with Gasteiger partial charge in [-0.2, -0.15) is 5.26 Å². The van der Waals surface area contributed by atoms with Crippen molar-refractivity contribution in [1.29, 1.82) is 5.26 Å². The number of nitriles is 1. The number of fused-ring (bicyclic) bond motifs is 1. The molecule has 0 saturated heterocycles. The van der Waals surface area contributed by atoms with Crippen LogP contribution in [0, 0.1) is 18.3 Å². The maximum absolute atomic E-state index is 12.9. The van der Waals surface area contributed by atoms with E-state index in [-0.39, 0.29) is 5.57 Å². The van der Waals surface area contributed by atoms with Crippen LogP contribution in [0.25, 0.3) is 17.0 Å². The molecule has 0 unspecified atom stereocenters. The molecular weight excluding hydrogens is 394 g/mol. The molecule has 4 nitrogen and oxygen atoms in total. The van der Waals surface area contributed by atoms with E-state index in [4.69, 9.17) is 0 Å². The third-order valence-electron chi connectivity index (χ3n) is 5.57. The third-order valence-corrected chi connectivity index (χ3v) is 5.57. The predicted octanol–water partition coefficient (Wildman–Crippen LogP) is 6.11. The van der Waals surface area contributed by atoms with Gasteiger partial charge in [-0.1, -0.05) is 73.2 Å². The SMILES string of the molecule is CCc1ccccc1NC(=O)/C(C#N)=C\c1cn(Cc2cccc(C)c2)c2ccccc12. The smallest absolute Gasteiger partial charge is 0.266 e. The zero-order valence-corrected chi connectivity index (χ0v) is 18.3. The van der Waals surface area contributed by atoms with Crippen LogP contribution in [0.3, 0.4) is 0 Å². The Bertz CT molecular complexity index is 1350. The average Bonchev–Trinajstić information content (AvgIpc) is 3.15. The van der Waals surface area contributed by atoms with Crippen LogP contribution in [-0.4, -0.2) is 10.5 Å². The van der Waals surface area contributed by atoms with Crippen molar-refractivity contribution in [1.82, 2.24) is 4.57 Å². The van der Waals surface area contributed by atoms with E-state index in [0.717, 1.165) is 34.1 Å². The van der Waals surface area contributed by atoms with E-state index in [1.165, 1.54) is 11.1 Å². The molecule has 0 radical (unpaired) electrons. The summed E-state index contributed by atoms with van der Waals surface area (Å²) in [6, 6.07) is 26.2. The van der Waals surface area contributed by atoms with Gasteiger partial charge in [-0.3, -0.25) is 4.79 Å². The topological polar surface area (TPSA) is 57.8 Å². The lowest BCUT2D eigenvalue weighted by Crippen LogP contribution is -2.14. The van der Waals surface area contributed by atoms with Gasteiger partial charge in [-0.25, -0.2) is 0 Å². The van der Waals surface area contributed by atoms with Crippen molar-refractivity contribution in [3.63, 3.8) is 0 Å². The molecule has 158 valence electrons. The Morgan fingerprint density at radius 3 is 2.62 bits per heavy atom. The van der Waals surface area contributed by atoms with Crippen LogP contribution in [0.4, 0.5) is 5.69 Å². The summed E-state index contributed by atoms with van der Waals surface area (Å²) < 4.78 is 2.16. The summed E-state index contributed by atoms with van der Waals surface area (Å²) in [4.78, 5) is 12.9. The van der Waals surface area contributed by atoms with Crippen LogP contribution in [0.2, 0.25) is 0 Å². The maximum Gasteiger partial charge on any atom is 0.266 e. The fourth-order valence-electron chi connectivity index (χ4n) is 3.97. The molecule has 0 aliphatic rings. The molecule has 3 aromatic carbocycles. The number of benzene rings is 3. The Kier molecular flexibility index (Phi) is 6.19. The van der Waals surface area contributed by atoms with Gasteiger partial charge in [0.1, 0.15) is 11.6 Å². The summed E-state index contributed by atoms with van der Waals surface area (Å²) in [5.74, 6) is -0.399. The normalized spacial score (nSPS) is 11.3. The number of carbonyl (C=O) groups excluding carboxylic acids is 1. The highest BCUT2D eigenvalue weighted by Gasteiger charge is 2.14. The number of carbonyl (C=O) groups is 1. The summed E-state index contributed by atoms with van der Waals surface area (Å²) in [5.41, 5.74) is 6.19. The molecule has 1 amide bonds. The first-order valence-electron chi connectivity index (χ1n) is 10.7. The second kappa shape index (κ2) is 9.36. The number of nitrogens with one attached hydrogen (secondary N) is 1. The van der Waals surface area contributed by atoms with E-state index < -0.39 is 5.91 Å². The van der Waals surface area contributed by atoms with Gasteiger partial charge in [0.15, 0.2) is 0 Å². The van der Waals surface area contributed by atoms with Crippen LogP contribution in [0.15, 0.2) is 84.6 Å². The number of aryl methyl sites for hydroxylation is 2. The summed E-state index contributed by atoms with van der Waals surface area (Å²) in [6.45, 7) is 4.84. The molecule has 1 aromatic heterocycles. The zero-order valence-electron chi connectivity index (χ0n) is 18.3. The van der Waals surface area contributed by atoms with Crippen molar-refractivity contribution in [2.75, 3.05) is 5.32 Å². The second-order valence-electron chi connectivity index (χ2n) is 7.85. The molecule has 0 aliphatic carbocycles. The van der Waals surface area contributed by atoms with Crippen molar-refractivity contribution < 1.29 is 4.79 Å². The number of aromatic nitrogens is 1. The van der Waals surface area contributed by atoms with Crippen LogP contribution >= 0.6 is 0 Å². The largest absolute Gasteiger partial charge is 0.342 e. The lowest BCUT2D eigenvalue weighted by molar-refractivity contribution is -0.112. The number of anilines is 1. The number of nitrogens with zero attached hydrogens (tertiary/aromatic N) is 2. The van der Waals surface area contributed by atoms with Crippen molar-refractivity contribution in [3.8, 4) is 6.07 Å². The van der Waals surface area contributed by atoms with Gasteiger partial charge in [0.05, 0.1) is 0 Å². The van der Waals surface area contributed by atoms with Crippen LogP contribution in [-0.2, 0) is 17.8 Å². The number of rotatable bonds is 6. The Morgan fingerprint density at radius 2 is 1.84 bits per heavy atom. The Labute approximate surface area is 188 Å². The fraction of sp³-hybridized carbons (Fsp3) is 0.143. The summed E-state index contributed by atoms with van der Waals surface area (Å²) in [7, 11) is 0. The molecule has 4 aromatic rings. The van der Waals surface area contributed by atoms with Gasteiger partial charge in [-0.15, -0.1) is 0 Å². The van der Waals surface area contributed by atoms with Gasteiger partial charge in [-0.05, 0) is 42.7 Å². The van der Waals surface area contributed by atoms with Crippen LogP contribution < -0.4 is 5.32 Å². The molecule has 0 bridgehead atoms. The molecule has 4 rings (SSSR count). The van der Waals surface area contributed by atoms with E-state index in [1.54, 1.807) is 6.08 Å². The highest BCUT2D eigenvalue weighted by Crippen LogP contribution is 2.25. The predicted molar refractivity (Wildman–Crippen MR) is 130 cm³/mol. The number of hydrogen-bond donors (Lipinski definition) is 1. The fourth-order valence-corrected chi connectivity index (χ4v) is 3.97. The van der Waals surface area contributed by atoms with Crippen LogP contribution in [0.1, 0.15) is 29.2 Å². The van der Waals surface area contributed by atoms with Crippen molar-refractivity contribution >= 4 is 28.6 Å². The van der Waals surface area contributed by atoms with E-state index in [9.17, 15) is 10.1 Å². The highest BCUT2D eigenvalue weighted by molar-refractivity contribution is 6.11. The van der Waals surface area contributed by atoms with E-state index in [2.05, 4.69) is 53.2 Å². The Morgan fingerprint density at radius 1 is 1.06 bits per heavy atom. The van der Waals surface area contributed by atoms with Crippen molar-refractivity contribution in [2.45, 2.75) is 26.8 Å². The monoisotopic (exact) mass is 419 g/mol. The second-order valence-corrected chi connectivity index (χ2v) is 7.85. The van der Waals surface area contributed by atoms with E-state index >= 15 is 0 Å². The summed E-state index contributed by atoms with van der Waals surface area (Å²) >= 11 is 0. The first kappa shape index (κ1) is 21.1. The molecule has 1 N–H and O–H groups in total. The maximum atomic E-state index is 12.9. The third kappa shape index (κ3) is 4.48. The molecular formula is C28H25N3O. The Balaban J connectivity index is 1.69. The highest BCUT2D eigenvalue weighted by atomic mass is 16.1. The van der Waals surface area contributed by atoms with E-state index in [0.29, 0.717) is 6.54 Å². The molecule has 0 saturated carbocycles. The minimum Gasteiger partial charge on any atom is -0.342 e. The number of hydrogen-bond acceptors (Lipinski definition) is 2. The zero-order chi connectivity index (χ0) is 22.5. The van der Waals surface area contributed by atoms with Gasteiger partial charge >= 0.3 is 0 Å². The lowest BCUT2D eigenvalue weighted by atomic mass is 10.1. The first-order valence-corrected chi connectivity index (χ1v) is 10.7. The molecule has 0 atom stereocenters. The quantitative estimate of drug-likeness (QED) is 0.303. The van der Waals surface area contributed by atoms with Gasteiger partial charge < -0.3 is 9.88 Å². The minimum atomic E-state index is -0.399. The van der Waals surface area contributed by atoms with Crippen molar-refractivity contribution in [3.05, 3.63) is 107 Å². The molecule has 0 spiro atoms. The number of amides is 1. The van der Waals surface area contributed by atoms with Gasteiger partial charge in [0.2, 0.25) is 0 Å². The standard InChI is InChI=1S/C28H25N3O/c1-3-22-11-4-6-13-26(22)30-28(32)23(17-29)16-24-19-31(27-14-7-5-12-25(24)27)18-21-10-8-9-20(2)15-21/h4-16,19H,3,18H2,1-2H3,(H,30,32)/b23-16-. The molecule has 32 heavy (non-hydrogen) atoms. The average molecular weight is 420 g/mol. The van der Waals surface area contributed by atoms with Gasteiger partial charge in [0, 0.05) is 34.9 Å². The lowest BCUT2D eigenvalue weighted by Gasteiger charge is -2.08. The molecule has 0 aliphatic heterocycles. The Hall–Kier alpha value is -4.10. The first-order chi connectivity index (χ1) is 15.6. The molecule has 1 heterocycles. The molecule has 0 fully saturated rings. The van der Waals surface area contributed by atoms with Crippen molar-refractivity contribution in [2.24, 2.45) is 0 Å². The minimum absolute atomic E-state index is 0.0781. The van der Waals surface area contributed by atoms with Crippen LogP contribution in [0.5, 0.6) is 0 Å². The number of para-hydroxylation sites is 2. The summed E-state index contributed by atoms with van der Waals surface area (Å²) in [6.07, 6.45) is 4.49. The summed E-state index contributed by atoms with van der Waals surface area (Å²) in [5, 5.41) is 13.6. The molecule has 4 heteroatoms. The van der Waals surface area contributed by atoms with Gasteiger partial charge in [0.25, 0.3) is 5.91 Å².